The first-order valence-electron chi connectivity index (χ1n) is 5.53. The molecule has 0 amide bonds. The van der Waals surface area contributed by atoms with Gasteiger partial charge in [0, 0.05) is 13.2 Å². The number of oxazole rings is 1. The van der Waals surface area contributed by atoms with Gasteiger partial charge in [-0.25, -0.2) is 13.4 Å². The summed E-state index contributed by atoms with van der Waals surface area (Å²) < 4.78 is 33.3. The maximum Gasteiger partial charge on any atom is 0.246 e. The number of nitrogens with one attached hydrogen (secondary N) is 1. The van der Waals surface area contributed by atoms with Crippen molar-refractivity contribution < 1.29 is 12.8 Å². The molecule has 2 heterocycles. The highest BCUT2D eigenvalue weighted by molar-refractivity contribution is 7.89. The Morgan fingerprint density at radius 2 is 2.21 bits per heavy atom. The van der Waals surface area contributed by atoms with E-state index >= 15 is 0 Å². The van der Waals surface area contributed by atoms with Crippen LogP contribution in [-0.4, -0.2) is 23.2 Å². The van der Waals surface area contributed by atoms with Crippen LogP contribution in [0.3, 0.4) is 0 Å². The first-order valence-corrected chi connectivity index (χ1v) is 7.01. The summed E-state index contributed by atoms with van der Waals surface area (Å²) in [7, 11) is -2.17. The van der Waals surface area contributed by atoms with E-state index in [0.29, 0.717) is 11.7 Å². The van der Waals surface area contributed by atoms with Crippen LogP contribution in [0.25, 0.3) is 0 Å². The van der Waals surface area contributed by atoms with Gasteiger partial charge in [-0.1, -0.05) is 0 Å². The molecule has 8 nitrogen and oxygen atoms in total. The Hall–Kier alpha value is -1.87. The van der Waals surface area contributed by atoms with Gasteiger partial charge in [-0.15, -0.1) is 0 Å². The molecule has 0 saturated carbocycles. The minimum Gasteiger partial charge on any atom is -0.444 e. The van der Waals surface area contributed by atoms with Crippen molar-refractivity contribution in [2.45, 2.75) is 24.8 Å². The molecule has 2 rings (SSSR count). The van der Waals surface area contributed by atoms with Crippen molar-refractivity contribution in [2.75, 3.05) is 5.73 Å². The van der Waals surface area contributed by atoms with Crippen LogP contribution in [0.4, 0.5) is 5.82 Å². The molecule has 0 aliphatic heterocycles. The molecule has 19 heavy (non-hydrogen) atoms. The molecule has 0 fully saturated rings. The third-order valence-electron chi connectivity index (χ3n) is 2.45. The number of sulfonamides is 1. The number of nitrogen functional groups attached to an aromatic ring is 1. The molecule has 9 heteroatoms. The van der Waals surface area contributed by atoms with Crippen molar-refractivity contribution in [3.05, 3.63) is 24.0 Å². The van der Waals surface area contributed by atoms with Crippen LogP contribution in [0, 0.1) is 6.92 Å². The van der Waals surface area contributed by atoms with Crippen LogP contribution in [0.15, 0.2) is 21.7 Å². The predicted octanol–water partition coefficient (Wildman–Crippen LogP) is 0.338. The van der Waals surface area contributed by atoms with Crippen molar-refractivity contribution in [3.8, 4) is 0 Å². The quantitative estimate of drug-likeness (QED) is 0.836. The van der Waals surface area contributed by atoms with Crippen molar-refractivity contribution in [3.63, 3.8) is 0 Å². The Kier molecular flexibility index (Phi) is 3.33. The lowest BCUT2D eigenvalue weighted by molar-refractivity contribution is 0.428. The molecule has 0 aromatic carbocycles. The van der Waals surface area contributed by atoms with Gasteiger partial charge in [0.25, 0.3) is 0 Å². The summed E-state index contributed by atoms with van der Waals surface area (Å²) in [5.74, 6) is 0.858. The van der Waals surface area contributed by atoms with Gasteiger partial charge >= 0.3 is 0 Å². The van der Waals surface area contributed by atoms with Crippen molar-refractivity contribution >= 4 is 15.8 Å². The van der Waals surface area contributed by atoms with Gasteiger partial charge in [0.2, 0.25) is 15.9 Å². The van der Waals surface area contributed by atoms with Crippen LogP contribution < -0.4 is 10.5 Å². The summed E-state index contributed by atoms with van der Waals surface area (Å²) in [4.78, 5) is 3.91. The molecule has 0 bridgehead atoms. The molecule has 3 N–H and O–H groups in total. The minimum atomic E-state index is -3.77. The van der Waals surface area contributed by atoms with E-state index in [1.54, 1.807) is 20.9 Å². The van der Waals surface area contributed by atoms with Gasteiger partial charge in [-0.05, 0) is 13.8 Å². The second-order valence-electron chi connectivity index (χ2n) is 4.20. The number of rotatable bonds is 4. The van der Waals surface area contributed by atoms with Gasteiger partial charge in [0.05, 0.1) is 12.2 Å². The summed E-state index contributed by atoms with van der Waals surface area (Å²) in [5.41, 5.74) is 5.56. The average Bonchev–Trinajstić information content (AvgIpc) is 2.84. The summed E-state index contributed by atoms with van der Waals surface area (Å²) in [6.07, 6.45) is 2.86. The van der Waals surface area contributed by atoms with Crippen molar-refractivity contribution in [1.82, 2.24) is 19.5 Å². The molecule has 0 spiro atoms. The molecular formula is C10H15N5O3S. The normalized spacial score (nSPS) is 13.6. The van der Waals surface area contributed by atoms with E-state index in [-0.39, 0.29) is 10.7 Å². The standard InChI is InChI=1S/C10H15N5O3S/c1-6-4-12-10(18-6)7(2)14-19(16,17)8-5-15(3)13-9(8)11/h4-5,7,14H,1-3H3,(H2,11,13). The highest BCUT2D eigenvalue weighted by Crippen LogP contribution is 2.19. The summed E-state index contributed by atoms with van der Waals surface area (Å²) in [6.45, 7) is 3.37. The maximum atomic E-state index is 12.1. The van der Waals surface area contributed by atoms with E-state index in [2.05, 4.69) is 14.8 Å². The smallest absolute Gasteiger partial charge is 0.246 e. The fourth-order valence-corrected chi connectivity index (χ4v) is 2.91. The summed E-state index contributed by atoms with van der Waals surface area (Å²) in [5, 5.41) is 3.80. The zero-order chi connectivity index (χ0) is 14.2. The van der Waals surface area contributed by atoms with Crippen LogP contribution >= 0.6 is 0 Å². The SMILES string of the molecule is Cc1cnc(C(C)NS(=O)(=O)c2cn(C)nc2N)o1. The lowest BCUT2D eigenvalue weighted by Gasteiger charge is -2.10. The molecule has 0 aliphatic carbocycles. The highest BCUT2D eigenvalue weighted by Gasteiger charge is 2.25. The van der Waals surface area contributed by atoms with Gasteiger partial charge in [-0.3, -0.25) is 4.68 Å². The monoisotopic (exact) mass is 285 g/mol. The fourth-order valence-electron chi connectivity index (χ4n) is 1.61. The number of hydrogen-bond acceptors (Lipinski definition) is 6. The number of nitrogens with two attached hydrogens (primary N) is 1. The molecule has 1 unspecified atom stereocenters. The Bertz CT molecular complexity index is 688. The van der Waals surface area contributed by atoms with E-state index in [1.807, 2.05) is 0 Å². The number of hydrogen-bond donors (Lipinski definition) is 2. The van der Waals surface area contributed by atoms with Gasteiger partial charge < -0.3 is 10.2 Å². The average molecular weight is 285 g/mol. The first kappa shape index (κ1) is 13.6. The Morgan fingerprint density at radius 3 is 2.68 bits per heavy atom. The zero-order valence-corrected chi connectivity index (χ0v) is 11.6. The van der Waals surface area contributed by atoms with Gasteiger partial charge in [0.1, 0.15) is 10.7 Å². The highest BCUT2D eigenvalue weighted by atomic mass is 32.2. The van der Waals surface area contributed by atoms with Crippen molar-refractivity contribution in [2.24, 2.45) is 7.05 Å². The van der Waals surface area contributed by atoms with E-state index in [0.717, 1.165) is 0 Å². The second kappa shape index (κ2) is 4.67. The number of aromatic nitrogens is 3. The first-order chi connectivity index (χ1) is 8.79. The zero-order valence-electron chi connectivity index (χ0n) is 10.8. The van der Waals surface area contributed by atoms with Crippen LogP contribution in [0.2, 0.25) is 0 Å². The second-order valence-corrected chi connectivity index (χ2v) is 5.89. The Morgan fingerprint density at radius 1 is 1.53 bits per heavy atom. The number of nitrogens with zero attached hydrogens (tertiary/aromatic N) is 3. The maximum absolute atomic E-state index is 12.1. The molecule has 0 radical (unpaired) electrons. The van der Waals surface area contributed by atoms with E-state index in [9.17, 15) is 8.42 Å². The van der Waals surface area contributed by atoms with Gasteiger partial charge in [-0.2, -0.15) is 9.82 Å². The molecule has 104 valence electrons. The third kappa shape index (κ3) is 2.76. The molecule has 2 aromatic rings. The molecule has 2 aromatic heterocycles. The van der Waals surface area contributed by atoms with E-state index in [4.69, 9.17) is 10.2 Å². The molecule has 0 saturated heterocycles. The molecule has 0 aliphatic rings. The van der Waals surface area contributed by atoms with Crippen LogP contribution in [-0.2, 0) is 17.1 Å². The van der Waals surface area contributed by atoms with Crippen molar-refractivity contribution in [1.29, 1.82) is 0 Å². The molecular weight excluding hydrogens is 270 g/mol. The number of aryl methyl sites for hydroxylation is 2. The Balaban J connectivity index is 2.24. The third-order valence-corrected chi connectivity index (χ3v) is 4.01. The topological polar surface area (TPSA) is 116 Å². The lowest BCUT2D eigenvalue weighted by Crippen LogP contribution is -2.27. The number of anilines is 1. The lowest BCUT2D eigenvalue weighted by atomic mass is 10.4. The largest absolute Gasteiger partial charge is 0.444 e. The summed E-state index contributed by atoms with van der Waals surface area (Å²) in [6, 6.07) is -0.599. The van der Waals surface area contributed by atoms with Gasteiger partial charge in [0.15, 0.2) is 5.82 Å². The molecule has 1 atom stereocenters. The van der Waals surface area contributed by atoms with Crippen LogP contribution in [0.5, 0.6) is 0 Å². The predicted molar refractivity (Wildman–Crippen MR) is 67.6 cm³/mol. The summed E-state index contributed by atoms with van der Waals surface area (Å²) >= 11 is 0. The van der Waals surface area contributed by atoms with E-state index in [1.165, 1.54) is 17.1 Å². The van der Waals surface area contributed by atoms with Crippen LogP contribution in [0.1, 0.15) is 24.6 Å². The van der Waals surface area contributed by atoms with E-state index < -0.39 is 16.1 Å². The fraction of sp³-hybridized carbons (Fsp3) is 0.400. The minimum absolute atomic E-state index is 0.0502. The Labute approximate surface area is 110 Å².